The van der Waals surface area contributed by atoms with Crippen LogP contribution in [0.4, 0.5) is 0 Å². The van der Waals surface area contributed by atoms with Crippen LogP contribution in [0.5, 0.6) is 0 Å². The van der Waals surface area contributed by atoms with Gasteiger partial charge in [0.25, 0.3) is 0 Å². The van der Waals surface area contributed by atoms with Gasteiger partial charge in [0.05, 0.1) is 0 Å². The minimum Gasteiger partial charge on any atom is -0.113 e. The summed E-state index contributed by atoms with van der Waals surface area (Å²) in [6.45, 7) is 6.67. The highest BCUT2D eigenvalue weighted by Crippen LogP contribution is 2.15. The molecule has 0 spiro atoms. The zero-order valence-electron chi connectivity index (χ0n) is 4.78. The van der Waals surface area contributed by atoms with Crippen molar-refractivity contribution < 1.29 is 2.85 Å². The molecule has 2 radical (unpaired) electrons. The van der Waals surface area contributed by atoms with Crippen LogP contribution in [0, 0.1) is 5.41 Å². The summed E-state index contributed by atoms with van der Waals surface area (Å²) in [7, 11) is 0. The molecule has 0 aliphatic heterocycles. The summed E-state index contributed by atoms with van der Waals surface area (Å²) in [6, 6.07) is 0. The lowest BCUT2D eigenvalue weighted by Gasteiger charge is -2.13. The zero-order valence-corrected chi connectivity index (χ0v) is 5.94. The third-order valence-corrected chi connectivity index (χ3v) is 1.84. The van der Waals surface area contributed by atoms with Gasteiger partial charge in [0.2, 0.25) is 0 Å². The van der Waals surface area contributed by atoms with Gasteiger partial charge < -0.3 is 0 Å². The lowest BCUT2D eigenvalue weighted by Crippen LogP contribution is -2.01. The minimum atomic E-state index is 0. The SMILES string of the molecule is CC(C)(C)[CH2][Al].[HH].[HH]. The molecule has 0 saturated carbocycles. The molecule has 0 rings (SSSR count). The first-order valence-corrected chi connectivity index (χ1v) is 3.08. The predicted molar refractivity (Wildman–Crippen MR) is 34.2 cm³/mol. The van der Waals surface area contributed by atoms with Crippen molar-refractivity contribution in [2.45, 2.75) is 26.1 Å². The minimum absolute atomic E-state index is 0. The van der Waals surface area contributed by atoms with E-state index in [1.807, 2.05) is 0 Å². The second-order valence-corrected chi connectivity index (χ2v) is 3.17. The van der Waals surface area contributed by atoms with E-state index in [1.165, 1.54) is 5.28 Å². The first kappa shape index (κ1) is 6.53. The molecule has 0 N–H and O–H groups in total. The fourth-order valence-corrected chi connectivity index (χ4v) is 0. The molecule has 0 aliphatic carbocycles. The van der Waals surface area contributed by atoms with Crippen LogP contribution in [0.3, 0.4) is 0 Å². The van der Waals surface area contributed by atoms with Crippen LogP contribution in [0.1, 0.15) is 23.6 Å². The number of rotatable bonds is 0. The summed E-state index contributed by atoms with van der Waals surface area (Å²) < 4.78 is 0. The van der Waals surface area contributed by atoms with Crippen molar-refractivity contribution in [1.82, 2.24) is 0 Å². The Balaban J connectivity index is -0.000000125. The van der Waals surface area contributed by atoms with Gasteiger partial charge in [-0.3, -0.25) is 0 Å². The summed E-state index contributed by atoms with van der Waals surface area (Å²) in [5, 5.41) is 1.19. The monoisotopic (exact) mass is 102 g/mol. The second-order valence-electron chi connectivity index (χ2n) is 2.76. The molecule has 0 aliphatic rings. The summed E-state index contributed by atoms with van der Waals surface area (Å²) in [4.78, 5) is 0. The maximum absolute atomic E-state index is 2.72. The van der Waals surface area contributed by atoms with Gasteiger partial charge in [-0.15, -0.1) is 5.28 Å². The van der Waals surface area contributed by atoms with Crippen LogP contribution < -0.4 is 0 Å². The number of hydrogen-bond acceptors (Lipinski definition) is 0. The first-order chi connectivity index (χ1) is 2.56. The van der Waals surface area contributed by atoms with Crippen molar-refractivity contribution >= 4 is 16.3 Å². The Labute approximate surface area is 51.3 Å². The normalized spacial score (nSPS) is 11.8. The molecule has 6 heavy (non-hydrogen) atoms. The Morgan fingerprint density at radius 3 is 1.67 bits per heavy atom. The van der Waals surface area contributed by atoms with Gasteiger partial charge in [0.15, 0.2) is 0 Å². The molecule has 0 unspecified atom stereocenters. The quantitative estimate of drug-likeness (QED) is 0.411. The average Bonchev–Trinajstić information content (AvgIpc) is 1.35. The summed E-state index contributed by atoms with van der Waals surface area (Å²) in [5.41, 5.74) is 0.505. The lowest BCUT2D eigenvalue weighted by molar-refractivity contribution is 0.469. The van der Waals surface area contributed by atoms with Crippen molar-refractivity contribution in [2.24, 2.45) is 5.41 Å². The van der Waals surface area contributed by atoms with Crippen LogP contribution in [-0.2, 0) is 0 Å². The van der Waals surface area contributed by atoms with Gasteiger partial charge in [-0.2, -0.15) is 0 Å². The summed E-state index contributed by atoms with van der Waals surface area (Å²) in [6.07, 6.45) is 0. The van der Waals surface area contributed by atoms with Gasteiger partial charge in [-0.25, -0.2) is 0 Å². The van der Waals surface area contributed by atoms with Gasteiger partial charge in [-0.1, -0.05) is 26.2 Å². The van der Waals surface area contributed by atoms with E-state index in [9.17, 15) is 0 Å². The molecule has 0 bridgehead atoms. The lowest BCUT2D eigenvalue weighted by atomic mass is 10.0. The molecule has 0 aromatic rings. The zero-order chi connectivity index (χ0) is 5.21. The van der Waals surface area contributed by atoms with Gasteiger partial charge >= 0.3 is 0 Å². The van der Waals surface area contributed by atoms with Crippen LogP contribution in [0.15, 0.2) is 0 Å². The molecule has 0 nitrogen and oxygen atoms in total. The Morgan fingerprint density at radius 1 is 1.50 bits per heavy atom. The van der Waals surface area contributed by atoms with Crippen molar-refractivity contribution in [3.05, 3.63) is 0 Å². The molecule has 0 saturated heterocycles. The summed E-state index contributed by atoms with van der Waals surface area (Å²) in [5.74, 6) is 0. The highest BCUT2D eigenvalue weighted by atomic mass is 27.0. The third kappa shape index (κ3) is 4.53. The van der Waals surface area contributed by atoms with Crippen molar-refractivity contribution in [1.29, 1.82) is 0 Å². The maximum Gasteiger partial charge on any atom is 0.118 e. The Morgan fingerprint density at radius 2 is 1.67 bits per heavy atom. The topological polar surface area (TPSA) is 0 Å². The van der Waals surface area contributed by atoms with E-state index in [0.717, 1.165) is 0 Å². The molecule has 0 aromatic heterocycles. The van der Waals surface area contributed by atoms with Crippen LogP contribution in [0.25, 0.3) is 0 Å². The average molecular weight is 102 g/mol. The van der Waals surface area contributed by atoms with E-state index in [-0.39, 0.29) is 2.85 Å². The van der Waals surface area contributed by atoms with Gasteiger partial charge in [0.1, 0.15) is 16.3 Å². The first-order valence-electron chi connectivity index (χ1n) is 2.26. The van der Waals surface area contributed by atoms with Crippen molar-refractivity contribution in [3.8, 4) is 0 Å². The van der Waals surface area contributed by atoms with E-state index >= 15 is 0 Å². The van der Waals surface area contributed by atoms with E-state index in [0.29, 0.717) is 5.41 Å². The maximum atomic E-state index is 2.72. The molecule has 0 aromatic carbocycles. The Kier molecular flexibility index (Phi) is 2.18. The standard InChI is InChI=1S/C5H11.Al.2H2/c1-5(2,3)4;;;/h1H2,2-4H3;;2*1H. The Hall–Kier alpha value is 0.532. The molecule has 0 heterocycles. The highest BCUT2D eigenvalue weighted by molar-refractivity contribution is 6.08. The molecule has 1 heteroatoms. The van der Waals surface area contributed by atoms with Crippen LogP contribution in [-0.4, -0.2) is 16.3 Å². The molecular weight excluding hydrogens is 87.0 g/mol. The molecule has 0 fully saturated rings. The molecule has 0 atom stereocenters. The van der Waals surface area contributed by atoms with E-state index < -0.39 is 0 Å². The second kappa shape index (κ2) is 2.00. The predicted octanol–water partition coefficient (Wildman–Crippen LogP) is 2.11. The fourth-order valence-electron chi connectivity index (χ4n) is 0. The number of hydrogen-bond donors (Lipinski definition) is 0. The van der Waals surface area contributed by atoms with Gasteiger partial charge in [0, 0.05) is 2.85 Å². The largest absolute Gasteiger partial charge is 0.118 e. The third-order valence-electron chi connectivity index (χ3n) is 0.612. The summed E-state index contributed by atoms with van der Waals surface area (Å²) >= 11 is 2.72. The molecule has 0 amide bonds. The highest BCUT2D eigenvalue weighted by Gasteiger charge is 2.02. The fraction of sp³-hybridized carbons (Fsp3) is 1.00. The van der Waals surface area contributed by atoms with Crippen molar-refractivity contribution in [3.63, 3.8) is 0 Å². The van der Waals surface area contributed by atoms with Crippen LogP contribution >= 0.6 is 0 Å². The van der Waals surface area contributed by atoms with Crippen molar-refractivity contribution in [2.75, 3.05) is 0 Å². The smallest absolute Gasteiger partial charge is 0.113 e. The molecule has 38 valence electrons. The Bertz CT molecular complexity index is 40.2. The van der Waals surface area contributed by atoms with E-state index in [4.69, 9.17) is 0 Å². The van der Waals surface area contributed by atoms with Gasteiger partial charge in [-0.05, 0) is 0 Å². The van der Waals surface area contributed by atoms with Crippen LogP contribution in [0.2, 0.25) is 5.28 Å². The van der Waals surface area contributed by atoms with E-state index in [2.05, 4.69) is 37.1 Å². The molecular formula is C5H15Al. The van der Waals surface area contributed by atoms with E-state index in [1.54, 1.807) is 0 Å².